The molecule has 1 amide bonds. The van der Waals surface area contributed by atoms with E-state index in [-0.39, 0.29) is 5.69 Å². The third-order valence-electron chi connectivity index (χ3n) is 3.27. The number of benzene rings is 1. The number of carbonyl (C=O) groups is 2. The lowest BCUT2D eigenvalue weighted by atomic mass is 10.1. The van der Waals surface area contributed by atoms with E-state index in [9.17, 15) is 9.59 Å². The summed E-state index contributed by atoms with van der Waals surface area (Å²) >= 11 is 0. The minimum Gasteiger partial charge on any atom is -0.448 e. The van der Waals surface area contributed by atoms with Gasteiger partial charge in [-0.25, -0.2) is 9.78 Å². The predicted octanol–water partition coefficient (Wildman–Crippen LogP) is 2.53. The molecule has 1 aromatic heterocycles. The fraction of sp³-hybridized carbons (Fsp3) is 0.294. The Balaban J connectivity index is 1.93. The van der Waals surface area contributed by atoms with Gasteiger partial charge in [-0.3, -0.25) is 9.78 Å². The number of hydrogen-bond donors (Lipinski definition) is 1. The lowest BCUT2D eigenvalue weighted by Gasteiger charge is -2.13. The molecule has 0 bridgehead atoms. The average molecular weight is 313 g/mol. The molecular formula is C17H19N3O3. The van der Waals surface area contributed by atoms with Gasteiger partial charge in [0.2, 0.25) is 0 Å². The molecule has 1 heterocycles. The average Bonchev–Trinajstić information content (AvgIpc) is 2.56. The fourth-order valence-corrected chi connectivity index (χ4v) is 1.84. The van der Waals surface area contributed by atoms with Crippen molar-refractivity contribution in [3.8, 4) is 0 Å². The summed E-state index contributed by atoms with van der Waals surface area (Å²) in [5, 5.41) is 2.71. The van der Waals surface area contributed by atoms with E-state index in [0.717, 1.165) is 6.42 Å². The normalized spacial score (nSPS) is 11.6. The van der Waals surface area contributed by atoms with Crippen molar-refractivity contribution < 1.29 is 14.3 Å². The van der Waals surface area contributed by atoms with E-state index in [1.807, 2.05) is 24.3 Å². The molecule has 0 aliphatic heterocycles. The molecular weight excluding hydrogens is 294 g/mol. The van der Waals surface area contributed by atoms with Gasteiger partial charge >= 0.3 is 5.97 Å². The first-order chi connectivity index (χ1) is 11.0. The second kappa shape index (κ2) is 7.49. The summed E-state index contributed by atoms with van der Waals surface area (Å²) in [6.07, 6.45) is 2.79. The topological polar surface area (TPSA) is 81.2 Å². The van der Waals surface area contributed by atoms with Crippen molar-refractivity contribution in [3.05, 3.63) is 53.6 Å². The van der Waals surface area contributed by atoms with Crippen LogP contribution in [0.3, 0.4) is 0 Å². The number of aryl methyl sites for hydroxylation is 2. The highest BCUT2D eigenvalue weighted by atomic mass is 16.5. The van der Waals surface area contributed by atoms with E-state index in [0.29, 0.717) is 11.4 Å². The maximum atomic E-state index is 12.1. The van der Waals surface area contributed by atoms with Crippen LogP contribution >= 0.6 is 0 Å². The van der Waals surface area contributed by atoms with Crippen molar-refractivity contribution in [1.82, 2.24) is 9.97 Å². The standard InChI is InChI=1S/C17H19N3O3/c1-4-13-5-7-14(8-6-13)20-16(21)12(3)23-17(22)15-10-18-11(2)9-19-15/h5-10,12H,4H2,1-3H3,(H,20,21). The molecule has 0 spiro atoms. The van der Waals surface area contributed by atoms with E-state index < -0.39 is 18.0 Å². The summed E-state index contributed by atoms with van der Waals surface area (Å²) in [6, 6.07) is 7.51. The molecule has 0 saturated carbocycles. The highest BCUT2D eigenvalue weighted by Crippen LogP contribution is 2.11. The Bertz CT molecular complexity index is 681. The quantitative estimate of drug-likeness (QED) is 0.858. The number of aromatic nitrogens is 2. The van der Waals surface area contributed by atoms with E-state index >= 15 is 0 Å². The predicted molar refractivity (Wildman–Crippen MR) is 86.1 cm³/mol. The minimum absolute atomic E-state index is 0.0718. The van der Waals surface area contributed by atoms with Crippen molar-refractivity contribution in [2.75, 3.05) is 5.32 Å². The van der Waals surface area contributed by atoms with Crippen LogP contribution in [0.25, 0.3) is 0 Å². The minimum atomic E-state index is -0.934. The van der Waals surface area contributed by atoms with Crippen LogP contribution in [0.2, 0.25) is 0 Å². The van der Waals surface area contributed by atoms with Gasteiger partial charge in [0.15, 0.2) is 11.8 Å². The number of hydrogen-bond acceptors (Lipinski definition) is 5. The van der Waals surface area contributed by atoms with Gasteiger partial charge in [-0.2, -0.15) is 0 Å². The van der Waals surface area contributed by atoms with Gasteiger partial charge in [0, 0.05) is 11.9 Å². The van der Waals surface area contributed by atoms with Crippen LogP contribution in [-0.4, -0.2) is 27.9 Å². The first-order valence-corrected chi connectivity index (χ1v) is 7.39. The van der Waals surface area contributed by atoms with Gasteiger partial charge in [0.05, 0.1) is 11.9 Å². The Morgan fingerprint density at radius 1 is 1.17 bits per heavy atom. The zero-order chi connectivity index (χ0) is 16.8. The highest BCUT2D eigenvalue weighted by molar-refractivity contribution is 5.96. The third-order valence-corrected chi connectivity index (χ3v) is 3.27. The van der Waals surface area contributed by atoms with Gasteiger partial charge in [-0.15, -0.1) is 0 Å². The Morgan fingerprint density at radius 2 is 1.87 bits per heavy atom. The Kier molecular flexibility index (Phi) is 5.41. The Labute approximate surface area is 134 Å². The number of ether oxygens (including phenoxy) is 1. The van der Waals surface area contributed by atoms with Crippen molar-refractivity contribution in [3.63, 3.8) is 0 Å². The van der Waals surface area contributed by atoms with Crippen molar-refractivity contribution in [1.29, 1.82) is 0 Å². The first kappa shape index (κ1) is 16.6. The van der Waals surface area contributed by atoms with E-state index in [2.05, 4.69) is 22.2 Å². The third kappa shape index (κ3) is 4.60. The number of anilines is 1. The van der Waals surface area contributed by atoms with Crippen LogP contribution in [0.5, 0.6) is 0 Å². The molecule has 1 N–H and O–H groups in total. The van der Waals surface area contributed by atoms with Gasteiger partial charge in [-0.05, 0) is 38.0 Å². The van der Waals surface area contributed by atoms with E-state index in [1.165, 1.54) is 24.9 Å². The summed E-state index contributed by atoms with van der Waals surface area (Å²) in [6.45, 7) is 5.33. The van der Waals surface area contributed by atoms with Gasteiger partial charge in [0.1, 0.15) is 0 Å². The van der Waals surface area contributed by atoms with E-state index in [4.69, 9.17) is 4.74 Å². The number of nitrogens with one attached hydrogen (secondary N) is 1. The lowest BCUT2D eigenvalue weighted by Crippen LogP contribution is -2.30. The molecule has 1 unspecified atom stereocenters. The maximum absolute atomic E-state index is 12.1. The number of rotatable bonds is 5. The van der Waals surface area contributed by atoms with Crippen LogP contribution in [0, 0.1) is 6.92 Å². The van der Waals surface area contributed by atoms with Gasteiger partial charge < -0.3 is 10.1 Å². The molecule has 0 radical (unpaired) electrons. The van der Waals surface area contributed by atoms with Crippen LogP contribution in [-0.2, 0) is 16.0 Å². The maximum Gasteiger partial charge on any atom is 0.359 e. The fourth-order valence-electron chi connectivity index (χ4n) is 1.84. The summed E-state index contributed by atoms with van der Waals surface area (Å²) < 4.78 is 5.10. The summed E-state index contributed by atoms with van der Waals surface area (Å²) in [7, 11) is 0. The molecule has 0 aliphatic rings. The van der Waals surface area contributed by atoms with E-state index in [1.54, 1.807) is 6.92 Å². The Morgan fingerprint density at radius 3 is 2.43 bits per heavy atom. The molecule has 1 atom stereocenters. The Hall–Kier alpha value is -2.76. The van der Waals surface area contributed by atoms with Gasteiger partial charge in [0.25, 0.3) is 5.91 Å². The lowest BCUT2D eigenvalue weighted by molar-refractivity contribution is -0.123. The molecule has 120 valence electrons. The molecule has 1 aromatic carbocycles. The number of esters is 1. The van der Waals surface area contributed by atoms with Gasteiger partial charge in [-0.1, -0.05) is 19.1 Å². The number of carbonyl (C=O) groups excluding carboxylic acids is 2. The highest BCUT2D eigenvalue weighted by Gasteiger charge is 2.20. The molecule has 2 rings (SSSR count). The monoisotopic (exact) mass is 313 g/mol. The SMILES string of the molecule is CCc1ccc(NC(=O)C(C)OC(=O)c2cnc(C)cn2)cc1. The molecule has 23 heavy (non-hydrogen) atoms. The van der Waals surface area contributed by atoms with Crippen molar-refractivity contribution in [2.45, 2.75) is 33.3 Å². The largest absolute Gasteiger partial charge is 0.448 e. The molecule has 6 heteroatoms. The molecule has 2 aromatic rings. The van der Waals surface area contributed by atoms with Crippen LogP contribution in [0.15, 0.2) is 36.7 Å². The van der Waals surface area contributed by atoms with Crippen molar-refractivity contribution in [2.24, 2.45) is 0 Å². The molecule has 6 nitrogen and oxygen atoms in total. The summed E-state index contributed by atoms with van der Waals surface area (Å²) in [4.78, 5) is 31.9. The summed E-state index contributed by atoms with van der Waals surface area (Å²) in [5.41, 5.74) is 2.61. The van der Waals surface area contributed by atoms with Crippen LogP contribution in [0.4, 0.5) is 5.69 Å². The van der Waals surface area contributed by atoms with Crippen molar-refractivity contribution >= 4 is 17.6 Å². The summed E-state index contributed by atoms with van der Waals surface area (Å²) in [5.74, 6) is -1.08. The zero-order valence-corrected chi connectivity index (χ0v) is 13.4. The molecule has 0 fully saturated rings. The smallest absolute Gasteiger partial charge is 0.359 e. The molecule has 0 saturated heterocycles. The second-order valence-electron chi connectivity index (χ2n) is 5.13. The number of amides is 1. The zero-order valence-electron chi connectivity index (χ0n) is 13.4. The number of nitrogens with zero attached hydrogens (tertiary/aromatic N) is 2. The molecule has 0 aliphatic carbocycles. The first-order valence-electron chi connectivity index (χ1n) is 7.39. The second-order valence-corrected chi connectivity index (χ2v) is 5.13. The van der Waals surface area contributed by atoms with Crippen LogP contribution in [0.1, 0.15) is 35.6 Å². The van der Waals surface area contributed by atoms with Crippen LogP contribution < -0.4 is 5.32 Å².